The van der Waals surface area contributed by atoms with Crippen LogP contribution in [0, 0.1) is 15.9 Å². The number of benzene rings is 2. The first-order chi connectivity index (χ1) is 12.0. The van der Waals surface area contributed by atoms with Crippen LogP contribution in [-0.4, -0.2) is 20.4 Å². The van der Waals surface area contributed by atoms with E-state index in [4.69, 9.17) is 0 Å². The van der Waals surface area contributed by atoms with E-state index in [1.165, 1.54) is 4.57 Å². The number of aromatic nitrogens is 2. The zero-order valence-corrected chi connectivity index (χ0v) is 12.7. The normalized spacial score (nSPS) is 10.6. The van der Waals surface area contributed by atoms with Crippen molar-refractivity contribution in [1.82, 2.24) is 9.55 Å². The number of anilines is 1. The molecule has 8 nitrogen and oxygen atoms in total. The Morgan fingerprint density at radius 3 is 2.80 bits per heavy atom. The predicted molar refractivity (Wildman–Crippen MR) is 87.7 cm³/mol. The summed E-state index contributed by atoms with van der Waals surface area (Å²) in [5, 5.41) is 13.0. The number of nitrogens with zero attached hydrogens (tertiary/aromatic N) is 3. The first kappa shape index (κ1) is 16.2. The van der Waals surface area contributed by atoms with Crippen LogP contribution in [0.4, 0.5) is 15.8 Å². The third kappa shape index (κ3) is 3.34. The molecule has 126 valence electrons. The molecule has 0 spiro atoms. The minimum atomic E-state index is -0.814. The summed E-state index contributed by atoms with van der Waals surface area (Å²) in [6.07, 6.45) is 1.09. The molecule has 1 N–H and O–H groups in total. The van der Waals surface area contributed by atoms with Crippen molar-refractivity contribution in [3.8, 4) is 0 Å². The average molecular weight is 342 g/mol. The lowest BCUT2D eigenvalue weighted by atomic mass is 10.2. The molecule has 3 aromatic rings. The molecular formula is C16H11FN4O4. The maximum Gasteiger partial charge on any atom is 0.271 e. The van der Waals surface area contributed by atoms with Crippen LogP contribution in [0.25, 0.3) is 11.0 Å². The third-order valence-corrected chi connectivity index (χ3v) is 3.49. The van der Waals surface area contributed by atoms with Crippen LogP contribution >= 0.6 is 0 Å². The van der Waals surface area contributed by atoms with Crippen LogP contribution in [0.1, 0.15) is 0 Å². The van der Waals surface area contributed by atoms with Crippen LogP contribution in [0.3, 0.4) is 0 Å². The zero-order valence-electron chi connectivity index (χ0n) is 12.7. The average Bonchev–Trinajstić information content (AvgIpc) is 2.59. The van der Waals surface area contributed by atoms with E-state index in [1.54, 1.807) is 24.3 Å². The monoisotopic (exact) mass is 342 g/mol. The molecule has 0 saturated carbocycles. The van der Waals surface area contributed by atoms with Crippen LogP contribution < -0.4 is 10.9 Å². The lowest BCUT2D eigenvalue weighted by molar-refractivity contribution is -0.384. The molecule has 1 amide bonds. The van der Waals surface area contributed by atoms with Gasteiger partial charge in [-0.05, 0) is 18.2 Å². The molecule has 0 aliphatic heterocycles. The molecule has 0 aliphatic carbocycles. The van der Waals surface area contributed by atoms with Crippen LogP contribution in [0.5, 0.6) is 0 Å². The maximum absolute atomic E-state index is 13.7. The van der Waals surface area contributed by atoms with Gasteiger partial charge in [-0.15, -0.1) is 0 Å². The molecule has 0 atom stereocenters. The number of carbonyl (C=O) groups excluding carboxylic acids is 1. The van der Waals surface area contributed by atoms with E-state index in [9.17, 15) is 24.1 Å². The van der Waals surface area contributed by atoms with Crippen LogP contribution in [-0.2, 0) is 11.3 Å². The number of nitro benzene ring substituents is 1. The summed E-state index contributed by atoms with van der Waals surface area (Å²) < 4.78 is 14.9. The highest BCUT2D eigenvalue weighted by molar-refractivity contribution is 5.92. The van der Waals surface area contributed by atoms with Crippen molar-refractivity contribution in [3.63, 3.8) is 0 Å². The summed E-state index contributed by atoms with van der Waals surface area (Å²) >= 11 is 0. The van der Waals surface area contributed by atoms with Gasteiger partial charge in [-0.3, -0.25) is 24.3 Å². The Hall–Kier alpha value is -3.62. The fourth-order valence-corrected chi connectivity index (χ4v) is 2.33. The summed E-state index contributed by atoms with van der Waals surface area (Å²) in [6, 6.07) is 9.55. The molecule has 9 heteroatoms. The third-order valence-electron chi connectivity index (χ3n) is 3.49. The van der Waals surface area contributed by atoms with Crippen molar-refractivity contribution in [3.05, 3.63) is 74.9 Å². The van der Waals surface area contributed by atoms with E-state index in [-0.39, 0.29) is 17.9 Å². The summed E-state index contributed by atoms with van der Waals surface area (Å²) in [6.45, 7) is -0.385. The second kappa shape index (κ2) is 6.48. The maximum atomic E-state index is 13.7. The molecule has 0 radical (unpaired) electrons. The zero-order chi connectivity index (χ0) is 18.0. The number of para-hydroxylation sites is 2. The highest BCUT2D eigenvalue weighted by Crippen LogP contribution is 2.21. The quantitative estimate of drug-likeness (QED) is 0.577. The van der Waals surface area contributed by atoms with E-state index in [1.807, 2.05) is 0 Å². The lowest BCUT2D eigenvalue weighted by Crippen LogP contribution is -2.28. The van der Waals surface area contributed by atoms with Crippen molar-refractivity contribution < 1.29 is 14.1 Å². The highest BCUT2D eigenvalue weighted by Gasteiger charge is 2.14. The summed E-state index contributed by atoms with van der Waals surface area (Å²) in [4.78, 5) is 38.2. The molecule has 25 heavy (non-hydrogen) atoms. The SMILES string of the molecule is O=C(Cn1c(=O)cnc2ccccc21)Nc1cc([N+](=O)[O-])ccc1F. The predicted octanol–water partition coefficient (Wildman–Crippen LogP) is 2.08. The molecular weight excluding hydrogens is 331 g/mol. The van der Waals surface area contributed by atoms with E-state index in [2.05, 4.69) is 10.3 Å². The topological polar surface area (TPSA) is 107 Å². The Balaban J connectivity index is 1.89. The largest absolute Gasteiger partial charge is 0.322 e. The lowest BCUT2D eigenvalue weighted by Gasteiger charge is -2.10. The number of non-ortho nitro benzene ring substituents is 1. The Labute approximate surface area is 139 Å². The van der Waals surface area contributed by atoms with Crippen LogP contribution in [0.15, 0.2) is 53.5 Å². The molecule has 2 aromatic carbocycles. The molecule has 0 fully saturated rings. The van der Waals surface area contributed by atoms with Gasteiger partial charge in [0.25, 0.3) is 11.2 Å². The first-order valence-electron chi connectivity index (χ1n) is 7.14. The molecule has 1 heterocycles. The summed E-state index contributed by atoms with van der Waals surface area (Å²) in [7, 11) is 0. The Morgan fingerprint density at radius 1 is 1.28 bits per heavy atom. The van der Waals surface area contributed by atoms with Gasteiger partial charge in [0.2, 0.25) is 5.91 Å². The van der Waals surface area contributed by atoms with Gasteiger partial charge < -0.3 is 5.32 Å². The summed E-state index contributed by atoms with van der Waals surface area (Å²) in [5.74, 6) is -1.51. The van der Waals surface area contributed by atoms with Crippen molar-refractivity contribution in [2.75, 3.05) is 5.32 Å². The minimum Gasteiger partial charge on any atom is -0.322 e. The Bertz CT molecular complexity index is 1050. The molecule has 1 aromatic heterocycles. The highest BCUT2D eigenvalue weighted by atomic mass is 19.1. The second-order valence-electron chi connectivity index (χ2n) is 5.14. The molecule has 0 aliphatic rings. The number of rotatable bonds is 4. The number of nitrogens with one attached hydrogen (secondary N) is 1. The van der Waals surface area contributed by atoms with E-state index in [0.717, 1.165) is 24.4 Å². The number of hydrogen-bond donors (Lipinski definition) is 1. The molecule has 3 rings (SSSR count). The number of halogens is 1. The first-order valence-corrected chi connectivity index (χ1v) is 7.14. The van der Waals surface area contributed by atoms with Gasteiger partial charge in [-0.1, -0.05) is 12.1 Å². The van der Waals surface area contributed by atoms with Gasteiger partial charge in [0.1, 0.15) is 12.4 Å². The number of hydrogen-bond acceptors (Lipinski definition) is 5. The molecule has 0 saturated heterocycles. The smallest absolute Gasteiger partial charge is 0.271 e. The Kier molecular flexibility index (Phi) is 4.21. The van der Waals surface area contributed by atoms with Crippen LogP contribution in [0.2, 0.25) is 0 Å². The standard InChI is InChI=1S/C16H11FN4O4/c17-11-6-5-10(21(24)25)7-13(11)19-15(22)9-20-14-4-2-1-3-12(14)18-8-16(20)23/h1-8H,9H2,(H,19,22). The van der Waals surface area contributed by atoms with Gasteiger partial charge in [0.15, 0.2) is 0 Å². The fourth-order valence-electron chi connectivity index (χ4n) is 2.33. The van der Waals surface area contributed by atoms with Crippen molar-refractivity contribution in [2.24, 2.45) is 0 Å². The number of amides is 1. The van der Waals surface area contributed by atoms with Gasteiger partial charge in [0, 0.05) is 12.1 Å². The number of fused-ring (bicyclic) bond motifs is 1. The Morgan fingerprint density at radius 2 is 2.04 bits per heavy atom. The number of carbonyl (C=O) groups is 1. The van der Waals surface area contributed by atoms with Crippen molar-refractivity contribution in [1.29, 1.82) is 0 Å². The second-order valence-corrected chi connectivity index (χ2v) is 5.14. The van der Waals surface area contributed by atoms with Crippen molar-refractivity contribution in [2.45, 2.75) is 6.54 Å². The number of nitro groups is 1. The minimum absolute atomic E-state index is 0.328. The van der Waals surface area contributed by atoms with E-state index >= 15 is 0 Å². The van der Waals surface area contributed by atoms with Gasteiger partial charge in [-0.2, -0.15) is 0 Å². The van der Waals surface area contributed by atoms with Gasteiger partial charge >= 0.3 is 0 Å². The van der Waals surface area contributed by atoms with Crippen molar-refractivity contribution >= 4 is 28.3 Å². The van der Waals surface area contributed by atoms with Gasteiger partial charge in [-0.25, -0.2) is 9.37 Å². The summed E-state index contributed by atoms with van der Waals surface area (Å²) in [5.41, 5.74) is -0.205. The van der Waals surface area contributed by atoms with E-state index in [0.29, 0.717) is 11.0 Å². The molecule has 0 bridgehead atoms. The van der Waals surface area contributed by atoms with Gasteiger partial charge in [0.05, 0.1) is 27.8 Å². The molecule has 0 unspecified atom stereocenters. The fraction of sp³-hybridized carbons (Fsp3) is 0.0625. The van der Waals surface area contributed by atoms with E-state index < -0.39 is 22.2 Å².